The first kappa shape index (κ1) is 12.4. The summed E-state index contributed by atoms with van der Waals surface area (Å²) < 4.78 is 0. The van der Waals surface area contributed by atoms with E-state index in [4.69, 9.17) is 0 Å². The van der Waals surface area contributed by atoms with Gasteiger partial charge in [0.2, 0.25) is 0 Å². The Kier molecular flexibility index (Phi) is 5.03. The summed E-state index contributed by atoms with van der Waals surface area (Å²) in [6.45, 7) is 0. The average Bonchev–Trinajstić information content (AvgIpc) is 2.30. The van der Waals surface area contributed by atoms with Crippen molar-refractivity contribution in [2.24, 2.45) is 0 Å². The van der Waals surface area contributed by atoms with Gasteiger partial charge in [0, 0.05) is 11.1 Å². The largest absolute Gasteiger partial charge is 2.00 e. The van der Waals surface area contributed by atoms with Crippen molar-refractivity contribution in [2.75, 3.05) is 0 Å². The van der Waals surface area contributed by atoms with E-state index in [1.165, 1.54) is 0 Å². The van der Waals surface area contributed by atoms with Crippen molar-refractivity contribution in [3.8, 4) is 0 Å². The van der Waals surface area contributed by atoms with E-state index >= 15 is 0 Å². The van der Waals surface area contributed by atoms with Crippen LogP contribution >= 0.6 is 0 Å². The topological polar surface area (TPSA) is 17.1 Å². The van der Waals surface area contributed by atoms with Gasteiger partial charge in [0.1, 0.15) is 0 Å². The van der Waals surface area contributed by atoms with Crippen LogP contribution in [0.5, 0.6) is 0 Å². The molecule has 0 unspecified atom stereocenters. The van der Waals surface area contributed by atoms with Crippen LogP contribution in [0.3, 0.4) is 0 Å². The van der Waals surface area contributed by atoms with Gasteiger partial charge in [0.05, 0.1) is 0 Å². The molecule has 0 fully saturated rings. The number of carbonyl (C=O) groups is 1. The number of hydrogen-bond acceptors (Lipinski definition) is 1. The maximum atomic E-state index is 11.8. The zero-order chi connectivity index (χ0) is 9.80. The summed E-state index contributed by atoms with van der Waals surface area (Å²) in [6.07, 6.45) is 0. The SMILES string of the molecule is O=C(c1ccccc1)c1ccccc1.[Ca+2]. The molecule has 2 aromatic carbocycles. The Labute approximate surface area is 119 Å². The third kappa shape index (κ3) is 3.16. The number of carbonyl (C=O) groups excluding carboxylic acids is 1. The Morgan fingerprint density at radius 1 is 0.667 bits per heavy atom. The van der Waals surface area contributed by atoms with Crippen molar-refractivity contribution in [1.29, 1.82) is 0 Å². The van der Waals surface area contributed by atoms with Gasteiger partial charge in [-0.15, -0.1) is 0 Å². The Balaban J connectivity index is 0.00000112. The molecule has 2 rings (SSSR count). The van der Waals surface area contributed by atoms with E-state index in [-0.39, 0.29) is 43.5 Å². The van der Waals surface area contributed by atoms with Crippen molar-refractivity contribution in [1.82, 2.24) is 0 Å². The van der Waals surface area contributed by atoms with Gasteiger partial charge >= 0.3 is 37.7 Å². The fraction of sp³-hybridized carbons (Fsp3) is 0. The number of benzene rings is 2. The van der Waals surface area contributed by atoms with Crippen molar-refractivity contribution >= 4 is 43.5 Å². The summed E-state index contributed by atoms with van der Waals surface area (Å²) in [5.41, 5.74) is 1.47. The van der Waals surface area contributed by atoms with Crippen molar-refractivity contribution in [3.05, 3.63) is 71.8 Å². The zero-order valence-electron chi connectivity index (χ0n) is 8.39. The second-order valence-corrected chi connectivity index (χ2v) is 3.06. The maximum absolute atomic E-state index is 11.8. The van der Waals surface area contributed by atoms with Crippen molar-refractivity contribution in [3.63, 3.8) is 0 Å². The molecule has 0 amide bonds. The molecule has 0 N–H and O–H groups in total. The molecule has 0 saturated heterocycles. The van der Waals surface area contributed by atoms with Gasteiger partial charge in [-0.3, -0.25) is 4.79 Å². The van der Waals surface area contributed by atoms with E-state index in [0.717, 1.165) is 11.1 Å². The van der Waals surface area contributed by atoms with E-state index in [9.17, 15) is 4.79 Å². The third-order valence-electron chi connectivity index (χ3n) is 2.07. The van der Waals surface area contributed by atoms with Gasteiger partial charge in [-0.2, -0.15) is 0 Å². The predicted octanol–water partition coefficient (Wildman–Crippen LogP) is 2.54. The van der Waals surface area contributed by atoms with Gasteiger partial charge in [-0.25, -0.2) is 0 Å². The van der Waals surface area contributed by atoms with Crippen LogP contribution in [0, 0.1) is 0 Å². The van der Waals surface area contributed by atoms with E-state index in [1.807, 2.05) is 60.7 Å². The monoisotopic (exact) mass is 222 g/mol. The minimum Gasteiger partial charge on any atom is -0.289 e. The molecule has 0 spiro atoms. The first-order chi connectivity index (χ1) is 6.88. The quantitative estimate of drug-likeness (QED) is 0.563. The van der Waals surface area contributed by atoms with Crippen LogP contribution < -0.4 is 0 Å². The Bertz CT molecular complexity index is 381. The fourth-order valence-electron chi connectivity index (χ4n) is 1.35. The summed E-state index contributed by atoms with van der Waals surface area (Å²) in [6, 6.07) is 18.6. The smallest absolute Gasteiger partial charge is 0.289 e. The van der Waals surface area contributed by atoms with Gasteiger partial charge in [-0.1, -0.05) is 60.7 Å². The first-order valence-corrected chi connectivity index (χ1v) is 4.53. The predicted molar refractivity (Wildman–Crippen MR) is 62.1 cm³/mol. The molecule has 0 aliphatic carbocycles. The molecule has 2 aromatic rings. The van der Waals surface area contributed by atoms with Gasteiger partial charge in [0.15, 0.2) is 5.78 Å². The van der Waals surface area contributed by atoms with Crippen LogP contribution in [-0.4, -0.2) is 43.5 Å². The molecule has 0 radical (unpaired) electrons. The van der Waals surface area contributed by atoms with Gasteiger partial charge in [0.25, 0.3) is 0 Å². The number of hydrogen-bond donors (Lipinski definition) is 0. The minimum absolute atomic E-state index is 0. The Morgan fingerprint density at radius 3 is 1.33 bits per heavy atom. The average molecular weight is 222 g/mol. The molecular weight excluding hydrogens is 212 g/mol. The van der Waals surface area contributed by atoms with Crippen molar-refractivity contribution < 1.29 is 4.79 Å². The summed E-state index contributed by atoms with van der Waals surface area (Å²) in [5.74, 6) is 0.0752. The molecule has 2 heteroatoms. The second kappa shape index (κ2) is 6.06. The van der Waals surface area contributed by atoms with E-state index in [2.05, 4.69) is 0 Å². The van der Waals surface area contributed by atoms with Crippen LogP contribution in [-0.2, 0) is 0 Å². The van der Waals surface area contributed by atoms with Crippen molar-refractivity contribution in [2.45, 2.75) is 0 Å². The number of rotatable bonds is 2. The molecule has 0 aliphatic rings. The normalized spacial score (nSPS) is 9.07. The molecule has 0 atom stereocenters. The molecular formula is C13H10CaO+2. The third-order valence-corrected chi connectivity index (χ3v) is 2.07. The summed E-state index contributed by atoms with van der Waals surface area (Å²) in [7, 11) is 0. The minimum atomic E-state index is 0. The molecule has 15 heavy (non-hydrogen) atoms. The second-order valence-electron chi connectivity index (χ2n) is 3.06. The fourth-order valence-corrected chi connectivity index (χ4v) is 1.35. The molecule has 68 valence electrons. The van der Waals surface area contributed by atoms with Crippen LogP contribution in [0.4, 0.5) is 0 Å². The molecule has 0 heterocycles. The molecule has 0 aliphatic heterocycles. The van der Waals surface area contributed by atoms with E-state index in [0.29, 0.717) is 0 Å². The standard InChI is InChI=1S/C13H10O.Ca/c14-13(11-7-3-1-4-8-11)12-9-5-2-6-10-12;/h1-10H;/q;+2. The molecule has 0 saturated carbocycles. The Hall–Kier alpha value is -0.630. The zero-order valence-corrected chi connectivity index (χ0v) is 10.6. The first-order valence-electron chi connectivity index (χ1n) is 4.53. The number of ketones is 1. The molecule has 0 aromatic heterocycles. The summed E-state index contributed by atoms with van der Waals surface area (Å²) in [4.78, 5) is 11.8. The summed E-state index contributed by atoms with van der Waals surface area (Å²) in [5, 5.41) is 0. The summed E-state index contributed by atoms with van der Waals surface area (Å²) >= 11 is 0. The van der Waals surface area contributed by atoms with Crippen LogP contribution in [0.1, 0.15) is 15.9 Å². The van der Waals surface area contributed by atoms with Gasteiger partial charge in [-0.05, 0) is 0 Å². The van der Waals surface area contributed by atoms with Crippen LogP contribution in [0.15, 0.2) is 60.7 Å². The van der Waals surface area contributed by atoms with E-state index in [1.54, 1.807) is 0 Å². The van der Waals surface area contributed by atoms with E-state index < -0.39 is 0 Å². The Morgan fingerprint density at radius 2 is 1.00 bits per heavy atom. The van der Waals surface area contributed by atoms with Gasteiger partial charge < -0.3 is 0 Å². The van der Waals surface area contributed by atoms with Crippen LogP contribution in [0.2, 0.25) is 0 Å². The molecule has 0 bridgehead atoms. The van der Waals surface area contributed by atoms with Crippen LogP contribution in [0.25, 0.3) is 0 Å². The molecule has 1 nitrogen and oxygen atoms in total. The maximum Gasteiger partial charge on any atom is 2.00 e.